The van der Waals surface area contributed by atoms with E-state index >= 15 is 0 Å². The van der Waals surface area contributed by atoms with Crippen LogP contribution < -0.4 is 0 Å². The number of fused-ring (bicyclic) bond motifs is 23. The Balaban J connectivity index is 1.05. The molecule has 2 nitrogen and oxygen atoms in total. The lowest BCUT2D eigenvalue weighted by Crippen LogP contribution is -2.04. The van der Waals surface area contributed by atoms with E-state index in [1.165, 1.54) is 98.4 Å². The Bertz CT molecular complexity index is 2630. The quantitative estimate of drug-likeness (QED) is 0.166. The average molecular weight is 585 g/mol. The number of rotatable bonds is 0. The van der Waals surface area contributed by atoms with E-state index in [9.17, 15) is 9.59 Å². The van der Waals surface area contributed by atoms with E-state index in [1.54, 1.807) is 0 Å². The number of Topliss-reactive ketones (excluding diaryl/α,β-unsaturated/α-hetero) is 2. The van der Waals surface area contributed by atoms with E-state index in [0.717, 1.165) is 0 Å². The van der Waals surface area contributed by atoms with E-state index in [1.807, 2.05) is 0 Å². The maximum Gasteiger partial charge on any atom is 0.156 e. The summed E-state index contributed by atoms with van der Waals surface area (Å²) in [5.74, 6) is -0.109. The molecular weight excluding hydrogens is 560 g/mol. The van der Waals surface area contributed by atoms with Crippen LogP contribution in [-0.4, -0.2) is 11.6 Å². The fourth-order valence-corrected chi connectivity index (χ4v) is 9.82. The Hall–Kier alpha value is -5.60. The SMILES string of the molecule is O=C1C2c3cc4ccccc4cc3C1c1cc3c(ccc4c5cc6c(cc5ccc34)C3C(=O)C6c4cc5ccccc5cc43)cc12. The molecule has 0 heterocycles. The van der Waals surface area contributed by atoms with Crippen LogP contribution in [0.1, 0.15) is 68.2 Å². The second-order valence-electron chi connectivity index (χ2n) is 13.8. The van der Waals surface area contributed by atoms with Crippen LogP contribution in [-0.2, 0) is 9.59 Å². The molecule has 4 atom stereocenters. The van der Waals surface area contributed by atoms with Gasteiger partial charge < -0.3 is 0 Å². The molecule has 0 radical (unpaired) electrons. The van der Waals surface area contributed by atoms with Crippen molar-refractivity contribution in [2.24, 2.45) is 0 Å². The van der Waals surface area contributed by atoms with E-state index < -0.39 is 0 Å². The Kier molecular flexibility index (Phi) is 4.02. The summed E-state index contributed by atoms with van der Waals surface area (Å²) in [6, 6.07) is 43.9. The van der Waals surface area contributed by atoms with E-state index in [0.29, 0.717) is 11.6 Å². The van der Waals surface area contributed by atoms with Gasteiger partial charge >= 0.3 is 0 Å². The summed E-state index contributed by atoms with van der Waals surface area (Å²) in [5.41, 5.74) is 9.38. The van der Waals surface area contributed by atoms with Gasteiger partial charge in [-0.1, -0.05) is 72.8 Å². The topological polar surface area (TPSA) is 34.1 Å². The van der Waals surface area contributed by atoms with Crippen LogP contribution in [0, 0.1) is 0 Å². The number of hydrogen-bond donors (Lipinski definition) is 0. The number of hydrogen-bond acceptors (Lipinski definition) is 2. The van der Waals surface area contributed by atoms with Crippen molar-refractivity contribution in [2.45, 2.75) is 23.7 Å². The van der Waals surface area contributed by atoms with Crippen LogP contribution in [0.25, 0.3) is 53.9 Å². The number of carbonyl (C=O) groups is 2. The maximum absolute atomic E-state index is 13.8. The highest BCUT2D eigenvalue weighted by molar-refractivity contribution is 6.20. The van der Waals surface area contributed by atoms with Crippen LogP contribution >= 0.6 is 0 Å². The standard InChI is InChI=1S/C44H24O2/c45-43-39-31-13-21-5-1-3-7-23(21)15-33(31)41(43)37-19-29-25(17-35(37)39)9-11-28-27(29)12-10-26-18-36-38(20-30(26)28)42-34-16-24-8-4-2-6-22(24)14-32(34)40(36)44(42)46/h1-20,39-42H. The molecule has 4 aliphatic carbocycles. The van der Waals surface area contributed by atoms with Gasteiger partial charge in [-0.05, 0) is 147 Å². The van der Waals surface area contributed by atoms with Crippen molar-refractivity contribution >= 4 is 65.4 Å². The van der Waals surface area contributed by atoms with E-state index in [4.69, 9.17) is 0 Å². The average Bonchev–Trinajstić information content (AvgIpc) is 3.73. The molecule has 12 rings (SSSR count). The van der Waals surface area contributed by atoms with Crippen LogP contribution in [0.2, 0.25) is 0 Å². The minimum Gasteiger partial charge on any atom is -0.298 e. The summed E-state index contributed by atoms with van der Waals surface area (Å²) < 4.78 is 0. The van der Waals surface area contributed by atoms with Gasteiger partial charge in [0.15, 0.2) is 11.6 Å². The summed E-state index contributed by atoms with van der Waals surface area (Å²) >= 11 is 0. The van der Waals surface area contributed by atoms with Crippen LogP contribution in [0.5, 0.6) is 0 Å². The van der Waals surface area contributed by atoms with Crippen LogP contribution in [0.4, 0.5) is 0 Å². The van der Waals surface area contributed by atoms with Crippen molar-refractivity contribution in [3.8, 4) is 0 Å². The highest BCUT2D eigenvalue weighted by atomic mass is 16.1. The van der Waals surface area contributed by atoms with Crippen molar-refractivity contribution in [2.75, 3.05) is 0 Å². The smallest absolute Gasteiger partial charge is 0.156 e. The normalized spacial score (nSPS) is 21.6. The first-order valence-electron chi connectivity index (χ1n) is 16.2. The van der Waals surface area contributed by atoms with Crippen LogP contribution in [0.3, 0.4) is 0 Å². The molecule has 0 N–H and O–H groups in total. The van der Waals surface area contributed by atoms with E-state index in [2.05, 4.69) is 121 Å². The molecule has 0 saturated carbocycles. The minimum absolute atomic E-state index is 0.174. The molecule has 0 aliphatic heterocycles. The Labute approximate surface area is 263 Å². The van der Waals surface area contributed by atoms with Gasteiger partial charge in [-0.3, -0.25) is 9.59 Å². The molecular formula is C44H24O2. The van der Waals surface area contributed by atoms with Gasteiger partial charge in [-0.2, -0.15) is 0 Å². The molecule has 0 fully saturated rings. The first-order valence-corrected chi connectivity index (χ1v) is 16.2. The van der Waals surface area contributed by atoms with Gasteiger partial charge in [-0.25, -0.2) is 0 Å². The molecule has 0 saturated heterocycles. The fraction of sp³-hybridized carbons (Fsp3) is 0.0909. The van der Waals surface area contributed by atoms with Crippen molar-refractivity contribution in [1.82, 2.24) is 0 Å². The third-order valence-electron chi connectivity index (χ3n) is 11.8. The first kappa shape index (κ1) is 23.7. The summed E-state index contributed by atoms with van der Waals surface area (Å²) in [6.45, 7) is 0. The highest BCUT2D eigenvalue weighted by Gasteiger charge is 2.50. The Morgan fingerprint density at radius 3 is 0.891 bits per heavy atom. The number of carbonyl (C=O) groups excluding carboxylic acids is 2. The molecule has 212 valence electrons. The number of ketones is 2. The zero-order chi connectivity index (χ0) is 30.0. The molecule has 8 aromatic rings. The number of benzene rings is 8. The third-order valence-corrected chi connectivity index (χ3v) is 11.8. The van der Waals surface area contributed by atoms with Gasteiger partial charge in [0.1, 0.15) is 0 Å². The largest absolute Gasteiger partial charge is 0.298 e. The maximum atomic E-state index is 13.8. The monoisotopic (exact) mass is 584 g/mol. The Morgan fingerprint density at radius 1 is 0.283 bits per heavy atom. The van der Waals surface area contributed by atoms with Crippen molar-refractivity contribution in [3.63, 3.8) is 0 Å². The van der Waals surface area contributed by atoms with Gasteiger partial charge in [-0.15, -0.1) is 0 Å². The van der Waals surface area contributed by atoms with E-state index in [-0.39, 0.29) is 23.7 Å². The summed E-state index contributed by atoms with van der Waals surface area (Å²) in [4.78, 5) is 27.6. The zero-order valence-corrected chi connectivity index (χ0v) is 24.7. The molecule has 4 aliphatic rings. The molecule has 8 aromatic carbocycles. The second-order valence-corrected chi connectivity index (χ2v) is 13.8. The third kappa shape index (κ3) is 2.65. The van der Waals surface area contributed by atoms with Gasteiger partial charge in [0, 0.05) is 0 Å². The minimum atomic E-state index is -0.194. The van der Waals surface area contributed by atoms with Crippen molar-refractivity contribution in [3.05, 3.63) is 166 Å². The predicted octanol–water partition coefficient (Wildman–Crippen LogP) is 9.77. The lowest BCUT2D eigenvalue weighted by Gasteiger charge is -2.21. The Morgan fingerprint density at radius 2 is 0.565 bits per heavy atom. The molecule has 0 amide bonds. The summed E-state index contributed by atoms with van der Waals surface area (Å²) in [7, 11) is 0. The fourth-order valence-electron chi connectivity index (χ4n) is 9.82. The molecule has 0 aromatic heterocycles. The first-order chi connectivity index (χ1) is 22.6. The predicted molar refractivity (Wildman–Crippen MR) is 184 cm³/mol. The second kappa shape index (κ2) is 7.78. The zero-order valence-electron chi connectivity index (χ0n) is 24.7. The van der Waals surface area contributed by atoms with Crippen molar-refractivity contribution < 1.29 is 9.59 Å². The molecule has 0 spiro atoms. The van der Waals surface area contributed by atoms with Gasteiger partial charge in [0.2, 0.25) is 0 Å². The van der Waals surface area contributed by atoms with Crippen LogP contribution in [0.15, 0.2) is 121 Å². The lowest BCUT2D eigenvalue weighted by molar-refractivity contribution is -0.119. The highest BCUT2D eigenvalue weighted by Crippen LogP contribution is 2.57. The summed E-state index contributed by atoms with van der Waals surface area (Å²) in [6.07, 6.45) is 0. The van der Waals surface area contributed by atoms with Gasteiger partial charge in [0.25, 0.3) is 0 Å². The summed E-state index contributed by atoms with van der Waals surface area (Å²) in [5, 5.41) is 11.9. The molecule has 4 bridgehead atoms. The molecule has 2 heteroatoms. The lowest BCUT2D eigenvalue weighted by atomic mass is 9.81. The molecule has 46 heavy (non-hydrogen) atoms. The van der Waals surface area contributed by atoms with Crippen molar-refractivity contribution in [1.29, 1.82) is 0 Å². The molecule has 4 unspecified atom stereocenters. The van der Waals surface area contributed by atoms with Gasteiger partial charge in [0.05, 0.1) is 23.7 Å².